The lowest BCUT2D eigenvalue weighted by Gasteiger charge is -2.09. The highest BCUT2D eigenvalue weighted by atomic mass is 16.6. The Kier molecular flexibility index (Phi) is 5.95. The standard InChI is InChI=1S/C14H12N6O8/c21-17(22)11-3-9(4-12(7-11)18(23)24)15-1-2-16-10-5-13(19(25)26)8-14(6-10)20(27)28/h3-8,15-16H,1-2H2. The number of anilines is 2. The van der Waals surface area contributed by atoms with E-state index in [1.165, 1.54) is 0 Å². The Morgan fingerprint density at radius 2 is 0.786 bits per heavy atom. The fourth-order valence-electron chi connectivity index (χ4n) is 2.23. The molecular formula is C14H12N6O8. The first-order valence-electron chi connectivity index (χ1n) is 7.53. The Morgan fingerprint density at radius 3 is 1.00 bits per heavy atom. The SMILES string of the molecule is O=[N+]([O-])c1cc(NCCNc2cc([N+](=O)[O-])cc([N+](=O)[O-])c2)cc([N+](=O)[O-])c1. The highest BCUT2D eigenvalue weighted by Crippen LogP contribution is 2.27. The van der Waals surface area contributed by atoms with E-state index in [2.05, 4.69) is 10.6 Å². The number of hydrogen-bond donors (Lipinski definition) is 2. The largest absolute Gasteiger partial charge is 0.383 e. The molecule has 0 heterocycles. The van der Waals surface area contributed by atoms with E-state index in [0.29, 0.717) is 0 Å². The zero-order chi connectivity index (χ0) is 20.8. The van der Waals surface area contributed by atoms with Gasteiger partial charge in [-0.05, 0) is 0 Å². The van der Waals surface area contributed by atoms with Crippen LogP contribution in [0.3, 0.4) is 0 Å². The van der Waals surface area contributed by atoms with Gasteiger partial charge in [-0.2, -0.15) is 0 Å². The van der Waals surface area contributed by atoms with Gasteiger partial charge in [0.1, 0.15) is 0 Å². The van der Waals surface area contributed by atoms with E-state index in [-0.39, 0.29) is 24.5 Å². The highest BCUT2D eigenvalue weighted by molar-refractivity contribution is 5.60. The number of nitro benzene ring substituents is 4. The maximum atomic E-state index is 10.8. The Labute approximate surface area is 155 Å². The van der Waals surface area contributed by atoms with Crippen LogP contribution in [0.5, 0.6) is 0 Å². The molecular weight excluding hydrogens is 380 g/mol. The van der Waals surface area contributed by atoms with Crippen LogP contribution in [0.15, 0.2) is 36.4 Å². The third-order valence-corrected chi connectivity index (χ3v) is 3.43. The molecule has 14 heteroatoms. The molecule has 0 aliphatic carbocycles. The molecule has 0 aliphatic heterocycles. The molecule has 28 heavy (non-hydrogen) atoms. The molecule has 2 aromatic carbocycles. The second-order valence-electron chi connectivity index (χ2n) is 5.36. The molecule has 0 spiro atoms. The Balaban J connectivity index is 2.07. The van der Waals surface area contributed by atoms with E-state index in [0.717, 1.165) is 36.4 Å². The molecule has 146 valence electrons. The maximum Gasteiger partial charge on any atom is 0.278 e. The van der Waals surface area contributed by atoms with Gasteiger partial charge in [-0.25, -0.2) is 0 Å². The van der Waals surface area contributed by atoms with Crippen LogP contribution >= 0.6 is 0 Å². The minimum atomic E-state index is -0.765. The van der Waals surface area contributed by atoms with Crippen molar-refractivity contribution in [2.75, 3.05) is 23.7 Å². The molecule has 0 aromatic heterocycles. The first kappa shape index (κ1) is 20.0. The fourth-order valence-corrected chi connectivity index (χ4v) is 2.23. The number of nitrogens with one attached hydrogen (secondary N) is 2. The van der Waals surface area contributed by atoms with Crippen molar-refractivity contribution in [2.45, 2.75) is 0 Å². The second-order valence-corrected chi connectivity index (χ2v) is 5.36. The maximum absolute atomic E-state index is 10.8. The van der Waals surface area contributed by atoms with Crippen LogP contribution in [0.2, 0.25) is 0 Å². The summed E-state index contributed by atoms with van der Waals surface area (Å²) in [5.74, 6) is 0. The fraction of sp³-hybridized carbons (Fsp3) is 0.143. The van der Waals surface area contributed by atoms with Crippen LogP contribution in [0.25, 0.3) is 0 Å². The van der Waals surface area contributed by atoms with Gasteiger partial charge in [0.25, 0.3) is 22.7 Å². The minimum Gasteiger partial charge on any atom is -0.383 e. The molecule has 0 bridgehead atoms. The first-order chi connectivity index (χ1) is 13.2. The quantitative estimate of drug-likeness (QED) is 0.363. The molecule has 0 amide bonds. The Hall–Kier alpha value is -4.36. The monoisotopic (exact) mass is 392 g/mol. The molecule has 2 aromatic rings. The van der Waals surface area contributed by atoms with Crippen molar-refractivity contribution < 1.29 is 19.7 Å². The summed E-state index contributed by atoms with van der Waals surface area (Å²) in [6, 6.07) is 6.12. The summed E-state index contributed by atoms with van der Waals surface area (Å²) in [6.45, 7) is 0.240. The van der Waals surface area contributed by atoms with E-state index in [9.17, 15) is 40.5 Å². The Bertz CT molecular complexity index is 821. The van der Waals surface area contributed by atoms with Gasteiger partial charge in [-0.3, -0.25) is 40.5 Å². The topological polar surface area (TPSA) is 197 Å². The van der Waals surface area contributed by atoms with E-state index < -0.39 is 42.4 Å². The van der Waals surface area contributed by atoms with Crippen molar-refractivity contribution in [3.05, 3.63) is 76.9 Å². The van der Waals surface area contributed by atoms with Crippen LogP contribution < -0.4 is 10.6 Å². The van der Waals surface area contributed by atoms with Crippen LogP contribution in [0.4, 0.5) is 34.1 Å². The van der Waals surface area contributed by atoms with Crippen LogP contribution in [-0.2, 0) is 0 Å². The van der Waals surface area contributed by atoms with E-state index in [4.69, 9.17) is 0 Å². The molecule has 0 unspecified atom stereocenters. The van der Waals surface area contributed by atoms with Crippen molar-refractivity contribution in [1.82, 2.24) is 0 Å². The number of non-ortho nitro benzene ring substituents is 4. The summed E-state index contributed by atoms with van der Waals surface area (Å²) in [7, 11) is 0. The average Bonchev–Trinajstić information content (AvgIpc) is 2.64. The van der Waals surface area contributed by atoms with Crippen molar-refractivity contribution in [1.29, 1.82) is 0 Å². The van der Waals surface area contributed by atoms with Gasteiger partial charge >= 0.3 is 0 Å². The van der Waals surface area contributed by atoms with E-state index in [1.807, 2.05) is 0 Å². The summed E-state index contributed by atoms with van der Waals surface area (Å²) in [4.78, 5) is 40.3. The van der Waals surface area contributed by atoms with Gasteiger partial charge in [0.05, 0.1) is 31.8 Å². The van der Waals surface area contributed by atoms with Crippen LogP contribution in [0, 0.1) is 40.5 Å². The number of rotatable bonds is 9. The third kappa shape index (κ3) is 5.07. The Morgan fingerprint density at radius 1 is 0.536 bits per heavy atom. The number of nitrogens with zero attached hydrogens (tertiary/aromatic N) is 4. The molecule has 2 N–H and O–H groups in total. The van der Waals surface area contributed by atoms with Crippen molar-refractivity contribution >= 4 is 34.1 Å². The highest BCUT2D eigenvalue weighted by Gasteiger charge is 2.17. The molecule has 0 fully saturated rings. The molecule has 14 nitrogen and oxygen atoms in total. The predicted molar refractivity (Wildman–Crippen MR) is 96.5 cm³/mol. The van der Waals surface area contributed by atoms with Crippen molar-refractivity contribution in [3.8, 4) is 0 Å². The normalized spacial score (nSPS) is 10.1. The first-order valence-corrected chi connectivity index (χ1v) is 7.53. The van der Waals surface area contributed by atoms with Crippen LogP contribution in [0.1, 0.15) is 0 Å². The van der Waals surface area contributed by atoms with Gasteiger partial charge in [0.2, 0.25) is 0 Å². The smallest absolute Gasteiger partial charge is 0.278 e. The van der Waals surface area contributed by atoms with Crippen molar-refractivity contribution in [2.24, 2.45) is 0 Å². The minimum absolute atomic E-state index is 0.120. The molecule has 0 saturated carbocycles. The number of hydrogen-bond acceptors (Lipinski definition) is 10. The van der Waals surface area contributed by atoms with Gasteiger partial charge in [0.15, 0.2) is 0 Å². The summed E-state index contributed by atoms with van der Waals surface area (Å²) >= 11 is 0. The molecule has 0 aliphatic rings. The van der Waals surface area contributed by atoms with Gasteiger partial charge in [-0.1, -0.05) is 0 Å². The summed E-state index contributed by atoms with van der Waals surface area (Å²) in [5.41, 5.74) is -1.57. The lowest BCUT2D eigenvalue weighted by Crippen LogP contribution is -2.14. The second kappa shape index (κ2) is 8.35. The average molecular weight is 392 g/mol. The lowest BCUT2D eigenvalue weighted by molar-refractivity contribution is -0.394. The number of nitro groups is 4. The zero-order valence-electron chi connectivity index (χ0n) is 13.9. The third-order valence-electron chi connectivity index (χ3n) is 3.43. The summed E-state index contributed by atoms with van der Waals surface area (Å²) < 4.78 is 0. The molecule has 2 rings (SSSR count). The van der Waals surface area contributed by atoms with Crippen LogP contribution in [-0.4, -0.2) is 32.8 Å². The molecule has 0 saturated heterocycles. The summed E-state index contributed by atoms with van der Waals surface area (Å²) in [6.07, 6.45) is 0. The zero-order valence-corrected chi connectivity index (χ0v) is 13.9. The number of benzene rings is 2. The summed E-state index contributed by atoms with van der Waals surface area (Å²) in [5, 5.41) is 48.9. The van der Waals surface area contributed by atoms with E-state index in [1.54, 1.807) is 0 Å². The lowest BCUT2D eigenvalue weighted by atomic mass is 10.2. The molecule has 0 radical (unpaired) electrons. The van der Waals surface area contributed by atoms with E-state index >= 15 is 0 Å². The van der Waals surface area contributed by atoms with Gasteiger partial charge in [0, 0.05) is 48.7 Å². The van der Waals surface area contributed by atoms with Crippen molar-refractivity contribution in [3.63, 3.8) is 0 Å². The van der Waals surface area contributed by atoms with Gasteiger partial charge in [-0.15, -0.1) is 0 Å². The van der Waals surface area contributed by atoms with Gasteiger partial charge < -0.3 is 10.6 Å². The predicted octanol–water partition coefficient (Wildman–Crippen LogP) is 2.84. The molecule has 0 atom stereocenters.